The second-order valence-corrected chi connectivity index (χ2v) is 8.38. The number of nitro groups is 1. The van der Waals surface area contributed by atoms with Crippen molar-refractivity contribution in [1.29, 1.82) is 0 Å². The van der Waals surface area contributed by atoms with E-state index >= 15 is 0 Å². The van der Waals surface area contributed by atoms with Crippen LogP contribution in [0, 0.1) is 17.0 Å². The molecule has 35 heavy (non-hydrogen) atoms. The fourth-order valence-corrected chi connectivity index (χ4v) is 4.24. The highest BCUT2D eigenvalue weighted by Crippen LogP contribution is 2.25. The van der Waals surface area contributed by atoms with Gasteiger partial charge >= 0.3 is 0 Å². The summed E-state index contributed by atoms with van der Waals surface area (Å²) in [4.78, 5) is 41.3. The summed E-state index contributed by atoms with van der Waals surface area (Å²) in [6, 6.07) is 14.5. The van der Waals surface area contributed by atoms with Crippen molar-refractivity contribution in [2.75, 3.05) is 5.32 Å². The molecular formula is C25H22N6O4. The molecule has 2 aromatic heterocycles. The Morgan fingerprint density at radius 2 is 1.94 bits per heavy atom. The minimum atomic E-state index is -0.705. The number of nitrogens with one attached hydrogen (secondary N) is 1. The number of hydrogen-bond donors (Lipinski definition) is 1. The van der Waals surface area contributed by atoms with E-state index in [0.29, 0.717) is 11.4 Å². The average molecular weight is 470 g/mol. The summed E-state index contributed by atoms with van der Waals surface area (Å²) in [6.07, 6.45) is 5.22. The third kappa shape index (κ3) is 4.33. The fraction of sp³-hybridized carbons (Fsp3) is 0.200. The molecule has 1 N–H and O–H groups in total. The van der Waals surface area contributed by atoms with Gasteiger partial charge < -0.3 is 9.88 Å². The molecule has 0 aliphatic carbocycles. The second kappa shape index (κ2) is 8.98. The van der Waals surface area contributed by atoms with E-state index in [1.54, 1.807) is 31.2 Å². The number of carbonyl (C=O) groups is 1. The Bertz CT molecular complexity index is 1500. The number of para-hydroxylation sites is 2. The van der Waals surface area contributed by atoms with Gasteiger partial charge in [0.15, 0.2) is 5.69 Å². The van der Waals surface area contributed by atoms with Crippen LogP contribution in [0.3, 0.4) is 0 Å². The number of hydrogen-bond acceptors (Lipinski definition) is 6. The van der Waals surface area contributed by atoms with Gasteiger partial charge in [-0.1, -0.05) is 24.3 Å². The van der Waals surface area contributed by atoms with E-state index in [1.165, 1.54) is 28.9 Å². The van der Waals surface area contributed by atoms with E-state index in [-0.39, 0.29) is 17.1 Å². The molecule has 1 amide bonds. The Balaban J connectivity index is 1.46. The first kappa shape index (κ1) is 22.2. The minimum absolute atomic E-state index is 0.162. The number of imidazole rings is 1. The van der Waals surface area contributed by atoms with Gasteiger partial charge in [-0.2, -0.15) is 5.10 Å². The van der Waals surface area contributed by atoms with Gasteiger partial charge in [-0.3, -0.25) is 19.7 Å². The van der Waals surface area contributed by atoms with Gasteiger partial charge in [0.1, 0.15) is 11.5 Å². The Morgan fingerprint density at radius 3 is 2.74 bits per heavy atom. The zero-order valence-electron chi connectivity index (χ0n) is 19.0. The van der Waals surface area contributed by atoms with E-state index in [4.69, 9.17) is 4.98 Å². The molecule has 1 aliphatic rings. The highest BCUT2D eigenvalue weighted by molar-refractivity contribution is 6.03. The average Bonchev–Trinajstić information content (AvgIpc) is 3.29. The van der Waals surface area contributed by atoms with Gasteiger partial charge in [0.25, 0.3) is 11.6 Å². The molecule has 3 heterocycles. The SMILES string of the molecule is Cc1cc(=O)c(C(=O)Nc2cccc(-c3cn4c(n3)CCCC4)c2)nn1-c1ccccc1[N+](=O)[O-]. The number of nitro benzene ring substituents is 1. The molecule has 1 aliphatic heterocycles. The van der Waals surface area contributed by atoms with E-state index in [2.05, 4.69) is 15.0 Å². The number of amides is 1. The summed E-state index contributed by atoms with van der Waals surface area (Å²) < 4.78 is 3.39. The Kier molecular flexibility index (Phi) is 5.69. The van der Waals surface area contributed by atoms with E-state index < -0.39 is 16.3 Å². The first-order valence-electron chi connectivity index (χ1n) is 11.2. The highest BCUT2D eigenvalue weighted by atomic mass is 16.6. The first-order valence-corrected chi connectivity index (χ1v) is 11.2. The monoisotopic (exact) mass is 470 g/mol. The normalized spacial score (nSPS) is 12.7. The highest BCUT2D eigenvalue weighted by Gasteiger charge is 2.20. The maximum atomic E-state index is 13.0. The van der Waals surface area contributed by atoms with Crippen LogP contribution < -0.4 is 10.7 Å². The lowest BCUT2D eigenvalue weighted by molar-refractivity contribution is -0.384. The summed E-state index contributed by atoms with van der Waals surface area (Å²) in [5.74, 6) is 0.351. The van der Waals surface area contributed by atoms with Crippen LogP contribution >= 0.6 is 0 Å². The number of anilines is 1. The van der Waals surface area contributed by atoms with Crippen molar-refractivity contribution in [3.63, 3.8) is 0 Å². The zero-order chi connectivity index (χ0) is 24.5. The molecule has 0 saturated heterocycles. The Morgan fingerprint density at radius 1 is 1.11 bits per heavy atom. The summed E-state index contributed by atoms with van der Waals surface area (Å²) in [5.41, 5.74) is 1.56. The molecule has 0 saturated carbocycles. The van der Waals surface area contributed by atoms with Crippen LogP contribution in [0.25, 0.3) is 16.9 Å². The standard InChI is InChI=1S/C25H22N6O4/c1-16-13-22(32)24(28-30(16)20-9-2-3-10-21(20)31(34)35)25(33)26-18-8-6-7-17(14-18)19-15-29-12-5-4-11-23(29)27-19/h2-3,6-10,13-15H,4-5,11-12H2,1H3,(H,26,33). The van der Waals surface area contributed by atoms with Crippen LogP contribution in [-0.2, 0) is 13.0 Å². The number of carbonyl (C=O) groups excluding carboxylic acids is 1. The zero-order valence-corrected chi connectivity index (χ0v) is 19.0. The molecular weight excluding hydrogens is 448 g/mol. The van der Waals surface area contributed by atoms with Crippen molar-refractivity contribution >= 4 is 17.3 Å². The van der Waals surface area contributed by atoms with Crippen molar-refractivity contribution < 1.29 is 9.72 Å². The van der Waals surface area contributed by atoms with Gasteiger partial charge in [-0.25, -0.2) is 9.67 Å². The number of rotatable bonds is 5. The lowest BCUT2D eigenvalue weighted by Crippen LogP contribution is -2.27. The molecule has 0 atom stereocenters. The number of benzene rings is 2. The van der Waals surface area contributed by atoms with E-state index in [1.807, 2.05) is 12.3 Å². The Labute approximate surface area is 200 Å². The maximum absolute atomic E-state index is 13.0. The van der Waals surface area contributed by atoms with Crippen LogP contribution in [0.15, 0.2) is 65.6 Å². The maximum Gasteiger partial charge on any atom is 0.294 e. The predicted molar refractivity (Wildman–Crippen MR) is 130 cm³/mol. The second-order valence-electron chi connectivity index (χ2n) is 8.38. The predicted octanol–water partition coefficient (Wildman–Crippen LogP) is 3.90. The molecule has 10 heteroatoms. The fourth-order valence-electron chi connectivity index (χ4n) is 4.24. The van der Waals surface area contributed by atoms with E-state index in [0.717, 1.165) is 42.9 Å². The van der Waals surface area contributed by atoms with Crippen molar-refractivity contribution in [3.05, 3.63) is 98.3 Å². The lowest BCUT2D eigenvalue weighted by Gasteiger charge is -2.12. The topological polar surface area (TPSA) is 125 Å². The minimum Gasteiger partial charge on any atom is -0.334 e. The van der Waals surface area contributed by atoms with Crippen LogP contribution in [0.2, 0.25) is 0 Å². The smallest absolute Gasteiger partial charge is 0.294 e. The number of aryl methyl sites for hydroxylation is 3. The quantitative estimate of drug-likeness (QED) is 0.348. The van der Waals surface area contributed by atoms with Gasteiger partial charge in [0, 0.05) is 48.2 Å². The van der Waals surface area contributed by atoms with E-state index in [9.17, 15) is 19.7 Å². The van der Waals surface area contributed by atoms with Crippen molar-refractivity contribution in [2.24, 2.45) is 0 Å². The van der Waals surface area contributed by atoms with Crippen LogP contribution in [0.1, 0.15) is 34.8 Å². The molecule has 176 valence electrons. The number of aromatic nitrogens is 4. The third-order valence-electron chi connectivity index (χ3n) is 5.95. The molecule has 0 fully saturated rings. The summed E-state index contributed by atoms with van der Waals surface area (Å²) >= 11 is 0. The van der Waals surface area contributed by atoms with Gasteiger partial charge in [-0.05, 0) is 38.0 Å². The molecule has 4 aromatic rings. The van der Waals surface area contributed by atoms with Crippen LogP contribution in [0.4, 0.5) is 11.4 Å². The molecule has 0 radical (unpaired) electrons. The number of nitrogens with zero attached hydrogens (tertiary/aromatic N) is 5. The largest absolute Gasteiger partial charge is 0.334 e. The van der Waals surface area contributed by atoms with Crippen LogP contribution in [0.5, 0.6) is 0 Å². The molecule has 10 nitrogen and oxygen atoms in total. The first-order chi connectivity index (χ1) is 16.9. The summed E-state index contributed by atoms with van der Waals surface area (Å²) in [5, 5.41) is 18.4. The van der Waals surface area contributed by atoms with Crippen molar-refractivity contribution in [2.45, 2.75) is 32.7 Å². The lowest BCUT2D eigenvalue weighted by atomic mass is 10.1. The molecule has 5 rings (SSSR count). The third-order valence-corrected chi connectivity index (χ3v) is 5.95. The number of fused-ring (bicyclic) bond motifs is 1. The van der Waals surface area contributed by atoms with Gasteiger partial charge in [0.2, 0.25) is 5.43 Å². The molecule has 0 unspecified atom stereocenters. The van der Waals surface area contributed by atoms with Gasteiger partial charge in [-0.15, -0.1) is 0 Å². The summed E-state index contributed by atoms with van der Waals surface area (Å²) in [7, 11) is 0. The van der Waals surface area contributed by atoms with Gasteiger partial charge in [0.05, 0.1) is 10.6 Å². The molecule has 0 bridgehead atoms. The van der Waals surface area contributed by atoms with Crippen molar-refractivity contribution in [1.82, 2.24) is 19.3 Å². The molecule has 2 aromatic carbocycles. The summed E-state index contributed by atoms with van der Waals surface area (Å²) in [6.45, 7) is 2.55. The van der Waals surface area contributed by atoms with Crippen molar-refractivity contribution in [3.8, 4) is 16.9 Å². The molecule has 0 spiro atoms. The Hall–Kier alpha value is -4.60. The van der Waals surface area contributed by atoms with Crippen LogP contribution in [-0.4, -0.2) is 30.2 Å².